The number of methoxy groups -OCH3 is 1. The van der Waals surface area contributed by atoms with Gasteiger partial charge < -0.3 is 10.1 Å². The van der Waals surface area contributed by atoms with Crippen LogP contribution >= 0.6 is 0 Å². The molecular weight excluding hydrogens is 240 g/mol. The van der Waals surface area contributed by atoms with Crippen molar-refractivity contribution in [1.82, 2.24) is 9.62 Å². The van der Waals surface area contributed by atoms with Crippen molar-refractivity contribution < 1.29 is 13.2 Å². The van der Waals surface area contributed by atoms with Gasteiger partial charge in [-0.2, -0.15) is 4.31 Å². The predicted molar refractivity (Wildman–Crippen MR) is 68.6 cm³/mol. The summed E-state index contributed by atoms with van der Waals surface area (Å²) < 4.78 is 31.2. The van der Waals surface area contributed by atoms with Crippen molar-refractivity contribution in [1.29, 1.82) is 0 Å². The normalized spacial score (nSPS) is 27.2. The molecule has 5 nitrogen and oxygen atoms in total. The molecule has 0 spiro atoms. The summed E-state index contributed by atoms with van der Waals surface area (Å²) in [5, 5.41) is 2.96. The van der Waals surface area contributed by atoms with Crippen LogP contribution in [0.3, 0.4) is 0 Å². The Morgan fingerprint density at radius 2 is 2.18 bits per heavy atom. The van der Waals surface area contributed by atoms with Gasteiger partial charge in [0, 0.05) is 20.2 Å². The van der Waals surface area contributed by atoms with Crippen molar-refractivity contribution in [2.24, 2.45) is 0 Å². The number of ether oxygens (including phenoxy) is 1. The van der Waals surface area contributed by atoms with Gasteiger partial charge >= 0.3 is 0 Å². The number of nitrogens with one attached hydrogen (secondary N) is 1. The van der Waals surface area contributed by atoms with Gasteiger partial charge in [0.2, 0.25) is 10.0 Å². The van der Waals surface area contributed by atoms with Crippen molar-refractivity contribution in [2.45, 2.75) is 31.8 Å². The summed E-state index contributed by atoms with van der Waals surface area (Å²) >= 11 is 0. The second-order valence-corrected chi connectivity index (χ2v) is 6.95. The topological polar surface area (TPSA) is 58.6 Å². The first-order valence-corrected chi connectivity index (χ1v) is 7.72. The van der Waals surface area contributed by atoms with E-state index in [1.54, 1.807) is 11.4 Å². The smallest absolute Gasteiger partial charge is 0.214 e. The number of sulfonamides is 1. The Bertz CT molecular complexity index is 332. The monoisotopic (exact) mass is 264 g/mol. The first-order valence-electron chi connectivity index (χ1n) is 6.11. The van der Waals surface area contributed by atoms with Crippen LogP contribution in [0, 0.1) is 0 Å². The van der Waals surface area contributed by atoms with Crippen molar-refractivity contribution in [3.8, 4) is 0 Å². The Labute approximate surface area is 105 Å². The summed E-state index contributed by atoms with van der Waals surface area (Å²) in [6.07, 6.45) is 2.45. The van der Waals surface area contributed by atoms with Gasteiger partial charge in [-0.25, -0.2) is 8.42 Å². The van der Waals surface area contributed by atoms with E-state index in [2.05, 4.69) is 5.32 Å². The van der Waals surface area contributed by atoms with E-state index >= 15 is 0 Å². The number of rotatable bonds is 6. The lowest BCUT2D eigenvalue weighted by atomic mass is 9.96. The number of hydrogen-bond acceptors (Lipinski definition) is 4. The molecule has 102 valence electrons. The van der Waals surface area contributed by atoms with Crippen molar-refractivity contribution >= 4 is 10.0 Å². The van der Waals surface area contributed by atoms with Gasteiger partial charge in [0.15, 0.2) is 0 Å². The summed E-state index contributed by atoms with van der Waals surface area (Å²) in [4.78, 5) is 0. The van der Waals surface area contributed by atoms with Crippen LogP contribution in [0.15, 0.2) is 0 Å². The van der Waals surface area contributed by atoms with Gasteiger partial charge in [-0.3, -0.25) is 0 Å². The molecule has 0 aliphatic carbocycles. The molecular formula is C11H24N2O3S. The predicted octanol–water partition coefficient (Wildman–Crippen LogP) is 0.427. The van der Waals surface area contributed by atoms with Gasteiger partial charge in [-0.1, -0.05) is 0 Å². The average Bonchev–Trinajstić information content (AvgIpc) is 2.29. The molecule has 1 aliphatic heterocycles. The average molecular weight is 264 g/mol. The molecule has 1 heterocycles. The third-order valence-electron chi connectivity index (χ3n) is 3.34. The minimum Gasteiger partial charge on any atom is -0.377 e. The van der Waals surface area contributed by atoms with E-state index in [9.17, 15) is 8.42 Å². The third kappa shape index (κ3) is 4.21. The quantitative estimate of drug-likeness (QED) is 0.707. The number of nitrogens with zero attached hydrogens (tertiary/aromatic N) is 1. The van der Waals surface area contributed by atoms with E-state index in [0.29, 0.717) is 19.5 Å². The second kappa shape index (κ2) is 6.13. The van der Waals surface area contributed by atoms with Crippen molar-refractivity contribution in [3.05, 3.63) is 0 Å². The summed E-state index contributed by atoms with van der Waals surface area (Å²) in [5.74, 6) is 0.216. The van der Waals surface area contributed by atoms with Crippen LogP contribution in [0.2, 0.25) is 0 Å². The molecule has 17 heavy (non-hydrogen) atoms. The Morgan fingerprint density at radius 1 is 1.47 bits per heavy atom. The molecule has 1 rings (SSSR count). The molecule has 1 unspecified atom stereocenters. The summed E-state index contributed by atoms with van der Waals surface area (Å²) in [6.45, 7) is 3.81. The largest absolute Gasteiger partial charge is 0.377 e. The highest BCUT2D eigenvalue weighted by Gasteiger charge is 2.35. The maximum absolute atomic E-state index is 12.1. The molecule has 0 aromatic carbocycles. The molecule has 0 amide bonds. The molecule has 1 aliphatic rings. The molecule has 0 aromatic heterocycles. The molecule has 0 aromatic rings. The fourth-order valence-corrected chi connectivity index (χ4v) is 3.77. The van der Waals surface area contributed by atoms with Crippen LogP contribution in [0.4, 0.5) is 0 Å². The number of piperidine rings is 1. The Balaban J connectivity index is 2.59. The fourth-order valence-electron chi connectivity index (χ4n) is 2.13. The van der Waals surface area contributed by atoms with E-state index in [1.807, 2.05) is 14.0 Å². The van der Waals surface area contributed by atoms with Crippen molar-refractivity contribution in [3.63, 3.8) is 0 Å². The molecule has 1 saturated heterocycles. The molecule has 0 radical (unpaired) electrons. The molecule has 0 bridgehead atoms. The first-order chi connectivity index (χ1) is 7.93. The summed E-state index contributed by atoms with van der Waals surface area (Å²) in [6, 6.07) is 0. The molecule has 0 saturated carbocycles. The Morgan fingerprint density at radius 3 is 2.76 bits per heavy atom. The van der Waals surface area contributed by atoms with E-state index in [4.69, 9.17) is 4.74 Å². The zero-order chi connectivity index (χ0) is 12.9. The van der Waals surface area contributed by atoms with Crippen LogP contribution in [0.5, 0.6) is 0 Å². The van der Waals surface area contributed by atoms with Gasteiger partial charge in [0.1, 0.15) is 0 Å². The number of hydrogen-bond donors (Lipinski definition) is 1. The zero-order valence-corrected chi connectivity index (χ0v) is 11.8. The highest BCUT2D eigenvalue weighted by Crippen LogP contribution is 2.25. The van der Waals surface area contributed by atoms with Crippen LogP contribution in [0.25, 0.3) is 0 Å². The maximum Gasteiger partial charge on any atom is 0.214 e. The maximum atomic E-state index is 12.1. The summed E-state index contributed by atoms with van der Waals surface area (Å²) in [7, 11) is 0.355. The fraction of sp³-hybridized carbons (Fsp3) is 1.00. The van der Waals surface area contributed by atoms with Crippen molar-refractivity contribution in [2.75, 3.05) is 39.5 Å². The SMILES string of the molecule is CNCCCS(=O)(=O)N1CCCC(C)(OC)C1. The Hall–Kier alpha value is -0.170. The molecule has 1 N–H and O–H groups in total. The lowest BCUT2D eigenvalue weighted by molar-refractivity contribution is -0.0319. The lowest BCUT2D eigenvalue weighted by Crippen LogP contribution is -2.50. The van der Waals surface area contributed by atoms with E-state index in [0.717, 1.165) is 19.4 Å². The van der Waals surface area contributed by atoms with E-state index in [1.165, 1.54) is 0 Å². The summed E-state index contributed by atoms with van der Waals surface area (Å²) in [5.41, 5.74) is -0.325. The van der Waals surface area contributed by atoms with Gasteiger partial charge in [0.25, 0.3) is 0 Å². The minimum atomic E-state index is -3.12. The first kappa shape index (κ1) is 14.9. The third-order valence-corrected chi connectivity index (χ3v) is 5.24. The molecule has 6 heteroatoms. The van der Waals surface area contributed by atoms with Gasteiger partial charge in [0.05, 0.1) is 11.4 Å². The standard InChI is InChI=1S/C11H24N2O3S/c1-11(16-3)6-4-8-13(10-11)17(14,15)9-5-7-12-2/h12H,4-10H2,1-3H3. The highest BCUT2D eigenvalue weighted by molar-refractivity contribution is 7.89. The van der Waals surface area contributed by atoms with E-state index < -0.39 is 10.0 Å². The zero-order valence-electron chi connectivity index (χ0n) is 11.0. The van der Waals surface area contributed by atoms with E-state index in [-0.39, 0.29) is 11.4 Å². The minimum absolute atomic E-state index is 0.216. The highest BCUT2D eigenvalue weighted by atomic mass is 32.2. The van der Waals surface area contributed by atoms with Gasteiger partial charge in [-0.05, 0) is 39.8 Å². The molecule has 1 atom stereocenters. The lowest BCUT2D eigenvalue weighted by Gasteiger charge is -2.38. The Kier molecular flexibility index (Phi) is 5.37. The van der Waals surface area contributed by atoms with Crippen LogP contribution in [0.1, 0.15) is 26.2 Å². The van der Waals surface area contributed by atoms with Crippen LogP contribution in [-0.4, -0.2) is 57.9 Å². The second-order valence-electron chi connectivity index (χ2n) is 4.86. The van der Waals surface area contributed by atoms with Crippen LogP contribution in [-0.2, 0) is 14.8 Å². The van der Waals surface area contributed by atoms with Crippen LogP contribution < -0.4 is 5.32 Å². The molecule has 1 fully saturated rings. The van der Waals surface area contributed by atoms with Gasteiger partial charge in [-0.15, -0.1) is 0 Å².